The predicted octanol–water partition coefficient (Wildman–Crippen LogP) is 3.44. The zero-order valence-electron chi connectivity index (χ0n) is 18.5. The zero-order valence-corrected chi connectivity index (χ0v) is 18.5. The molecule has 0 unspecified atom stereocenters. The van der Waals surface area contributed by atoms with Gasteiger partial charge in [-0.05, 0) is 25.3 Å². The second kappa shape index (κ2) is 9.05. The molecule has 0 bridgehead atoms. The molecule has 1 aliphatic heterocycles. The highest BCUT2D eigenvalue weighted by Crippen LogP contribution is 2.30. The van der Waals surface area contributed by atoms with Gasteiger partial charge in [0, 0.05) is 43.8 Å². The zero-order chi connectivity index (χ0) is 21.9. The van der Waals surface area contributed by atoms with E-state index in [2.05, 4.69) is 61.0 Å². The van der Waals surface area contributed by atoms with Crippen LogP contribution in [0.25, 0.3) is 21.9 Å². The summed E-state index contributed by atoms with van der Waals surface area (Å²) in [6.07, 6.45) is 3.41. The van der Waals surface area contributed by atoms with Crippen LogP contribution in [-0.4, -0.2) is 68.8 Å². The second-order valence-corrected chi connectivity index (χ2v) is 8.18. The van der Waals surface area contributed by atoms with Crippen LogP contribution >= 0.6 is 0 Å². The molecule has 0 amide bonds. The van der Waals surface area contributed by atoms with E-state index < -0.39 is 0 Å². The Morgan fingerprint density at radius 3 is 2.72 bits per heavy atom. The molecule has 3 aromatic heterocycles. The minimum Gasteiger partial charge on any atom is -0.379 e. The summed E-state index contributed by atoms with van der Waals surface area (Å²) < 4.78 is 7.52. The summed E-state index contributed by atoms with van der Waals surface area (Å²) in [5, 5.41) is 9.08. The van der Waals surface area contributed by atoms with Crippen molar-refractivity contribution in [1.29, 1.82) is 0 Å². The Morgan fingerprint density at radius 2 is 1.88 bits per heavy atom. The van der Waals surface area contributed by atoms with Gasteiger partial charge < -0.3 is 15.4 Å². The molecule has 1 fully saturated rings. The summed E-state index contributed by atoms with van der Waals surface area (Å²) in [6.45, 7) is 9.50. The number of pyridine rings is 1. The standard InChI is InChI=1S/C23H28N8O/c1-16(2)31-22-19(21(26-15-27-22)25-9-10-30-11-13-32-14-12-30)28-23(31)29-20-18-6-4-3-5-17(18)7-8-24-20/h3-8,15-16H,9-14H2,1-2H3,(H,24,28,29)(H,25,26,27). The average Bonchev–Trinajstić information content (AvgIpc) is 3.19. The van der Waals surface area contributed by atoms with Gasteiger partial charge in [0.05, 0.1) is 13.2 Å². The number of rotatable bonds is 7. The normalized spacial score (nSPS) is 15.0. The van der Waals surface area contributed by atoms with E-state index in [1.165, 1.54) is 0 Å². The number of hydrogen-bond acceptors (Lipinski definition) is 8. The number of morpholine rings is 1. The van der Waals surface area contributed by atoms with Crippen LogP contribution in [0.15, 0.2) is 42.9 Å². The van der Waals surface area contributed by atoms with Crippen LogP contribution in [0.1, 0.15) is 19.9 Å². The van der Waals surface area contributed by atoms with Crippen LogP contribution in [-0.2, 0) is 4.74 Å². The number of aromatic nitrogens is 5. The van der Waals surface area contributed by atoms with E-state index in [-0.39, 0.29) is 6.04 Å². The van der Waals surface area contributed by atoms with Crippen molar-refractivity contribution in [2.75, 3.05) is 50.0 Å². The Morgan fingerprint density at radius 1 is 1.03 bits per heavy atom. The summed E-state index contributed by atoms with van der Waals surface area (Å²) in [6, 6.07) is 10.4. The van der Waals surface area contributed by atoms with E-state index in [1.54, 1.807) is 6.33 Å². The highest BCUT2D eigenvalue weighted by molar-refractivity contribution is 5.93. The van der Waals surface area contributed by atoms with Crippen molar-refractivity contribution < 1.29 is 4.74 Å². The van der Waals surface area contributed by atoms with Crippen LogP contribution in [0.5, 0.6) is 0 Å². The van der Waals surface area contributed by atoms with Crippen molar-refractivity contribution in [3.05, 3.63) is 42.9 Å². The molecule has 0 aliphatic carbocycles. The van der Waals surface area contributed by atoms with Gasteiger partial charge in [-0.25, -0.2) is 19.9 Å². The minimum atomic E-state index is 0.161. The summed E-state index contributed by atoms with van der Waals surface area (Å²) in [7, 11) is 0. The molecule has 0 atom stereocenters. The molecule has 1 saturated heterocycles. The van der Waals surface area contributed by atoms with Crippen LogP contribution in [0.3, 0.4) is 0 Å². The van der Waals surface area contributed by atoms with E-state index >= 15 is 0 Å². The molecule has 166 valence electrons. The van der Waals surface area contributed by atoms with Crippen molar-refractivity contribution in [3.63, 3.8) is 0 Å². The van der Waals surface area contributed by atoms with Gasteiger partial charge in [0.15, 0.2) is 17.0 Å². The Bertz CT molecular complexity index is 1210. The van der Waals surface area contributed by atoms with Crippen LogP contribution < -0.4 is 10.6 Å². The molecule has 9 heteroatoms. The third-order valence-corrected chi connectivity index (χ3v) is 5.72. The number of fused-ring (bicyclic) bond motifs is 2. The van der Waals surface area contributed by atoms with Gasteiger partial charge in [-0.15, -0.1) is 0 Å². The maximum atomic E-state index is 5.43. The SMILES string of the molecule is CC(C)n1c(Nc2nccc3ccccc23)nc2c(NCCN3CCOCC3)ncnc21. The van der Waals surface area contributed by atoms with E-state index in [9.17, 15) is 0 Å². The first-order chi connectivity index (χ1) is 15.7. The fraction of sp³-hybridized carbons (Fsp3) is 0.391. The maximum absolute atomic E-state index is 5.43. The van der Waals surface area contributed by atoms with Crippen molar-refractivity contribution >= 4 is 39.5 Å². The molecular formula is C23H28N8O. The molecule has 32 heavy (non-hydrogen) atoms. The lowest BCUT2D eigenvalue weighted by Crippen LogP contribution is -2.39. The fourth-order valence-electron chi connectivity index (χ4n) is 4.10. The van der Waals surface area contributed by atoms with Gasteiger partial charge in [0.1, 0.15) is 12.1 Å². The molecule has 0 spiro atoms. The summed E-state index contributed by atoms with van der Waals surface area (Å²) in [5.74, 6) is 2.22. The number of nitrogens with zero attached hydrogens (tertiary/aromatic N) is 6. The van der Waals surface area contributed by atoms with Crippen molar-refractivity contribution in [2.24, 2.45) is 0 Å². The van der Waals surface area contributed by atoms with E-state index in [1.807, 2.05) is 24.4 Å². The van der Waals surface area contributed by atoms with Crippen molar-refractivity contribution in [1.82, 2.24) is 29.4 Å². The molecule has 0 radical (unpaired) electrons. The minimum absolute atomic E-state index is 0.161. The molecule has 4 aromatic rings. The lowest BCUT2D eigenvalue weighted by molar-refractivity contribution is 0.0398. The lowest BCUT2D eigenvalue weighted by atomic mass is 10.1. The second-order valence-electron chi connectivity index (χ2n) is 8.18. The molecule has 1 aliphatic rings. The summed E-state index contributed by atoms with van der Waals surface area (Å²) >= 11 is 0. The van der Waals surface area contributed by atoms with Gasteiger partial charge in [-0.2, -0.15) is 0 Å². The van der Waals surface area contributed by atoms with Gasteiger partial charge in [0.25, 0.3) is 0 Å². The Labute approximate surface area is 186 Å². The fourth-order valence-corrected chi connectivity index (χ4v) is 4.10. The molecule has 9 nitrogen and oxygen atoms in total. The largest absolute Gasteiger partial charge is 0.379 e. The molecule has 1 aromatic carbocycles. The first kappa shape index (κ1) is 20.6. The van der Waals surface area contributed by atoms with E-state index in [0.29, 0.717) is 5.95 Å². The third kappa shape index (κ3) is 4.09. The van der Waals surface area contributed by atoms with Gasteiger partial charge in [0.2, 0.25) is 5.95 Å². The third-order valence-electron chi connectivity index (χ3n) is 5.72. The van der Waals surface area contributed by atoms with Gasteiger partial charge in [-0.3, -0.25) is 9.47 Å². The number of hydrogen-bond donors (Lipinski definition) is 2. The smallest absolute Gasteiger partial charge is 0.211 e. The van der Waals surface area contributed by atoms with Crippen LogP contribution in [0, 0.1) is 0 Å². The highest BCUT2D eigenvalue weighted by Gasteiger charge is 2.19. The Balaban J connectivity index is 1.45. The summed E-state index contributed by atoms with van der Waals surface area (Å²) in [4.78, 5) is 20.9. The molecular weight excluding hydrogens is 404 g/mol. The summed E-state index contributed by atoms with van der Waals surface area (Å²) in [5.41, 5.74) is 1.55. The van der Waals surface area contributed by atoms with Crippen molar-refractivity contribution in [3.8, 4) is 0 Å². The predicted molar refractivity (Wildman–Crippen MR) is 126 cm³/mol. The molecule has 0 saturated carbocycles. The molecule has 5 rings (SSSR count). The topological polar surface area (TPSA) is 93.0 Å². The average molecular weight is 433 g/mol. The highest BCUT2D eigenvalue weighted by atomic mass is 16.5. The maximum Gasteiger partial charge on any atom is 0.211 e. The monoisotopic (exact) mass is 432 g/mol. The quantitative estimate of drug-likeness (QED) is 0.459. The Hall–Kier alpha value is -3.30. The van der Waals surface area contributed by atoms with Crippen LogP contribution in [0.2, 0.25) is 0 Å². The van der Waals surface area contributed by atoms with E-state index in [0.717, 1.165) is 73.0 Å². The number of ether oxygens (including phenoxy) is 1. The first-order valence-corrected chi connectivity index (χ1v) is 11.1. The number of anilines is 3. The number of nitrogens with one attached hydrogen (secondary N) is 2. The van der Waals surface area contributed by atoms with Crippen LogP contribution in [0.4, 0.5) is 17.6 Å². The molecule has 4 heterocycles. The van der Waals surface area contributed by atoms with Gasteiger partial charge >= 0.3 is 0 Å². The number of benzene rings is 1. The Kier molecular flexibility index (Phi) is 5.83. The number of imidazole rings is 1. The first-order valence-electron chi connectivity index (χ1n) is 11.1. The lowest BCUT2D eigenvalue weighted by Gasteiger charge is -2.26. The van der Waals surface area contributed by atoms with Crippen molar-refractivity contribution in [2.45, 2.75) is 19.9 Å². The van der Waals surface area contributed by atoms with Gasteiger partial charge in [-0.1, -0.05) is 24.3 Å². The van der Waals surface area contributed by atoms with E-state index in [4.69, 9.17) is 9.72 Å². The molecule has 2 N–H and O–H groups in total.